The monoisotopic (exact) mass is 386 g/mol. The van der Waals surface area contributed by atoms with Crippen LogP contribution in [-0.4, -0.2) is 13.9 Å². The van der Waals surface area contributed by atoms with Gasteiger partial charge in [-0.15, -0.1) is 0 Å². The molecule has 0 radical (unpaired) electrons. The van der Waals surface area contributed by atoms with Gasteiger partial charge in [0.2, 0.25) is 8.32 Å². The Labute approximate surface area is 167 Å². The van der Waals surface area contributed by atoms with Crippen molar-refractivity contribution in [1.29, 1.82) is 0 Å². The third kappa shape index (κ3) is 4.61. The molecule has 2 atom stereocenters. The van der Waals surface area contributed by atoms with Crippen LogP contribution >= 0.6 is 0 Å². The van der Waals surface area contributed by atoms with Crippen molar-refractivity contribution < 1.29 is 9.16 Å². The standard InChI is InChI=1S/C24H38O2Si/c1-8-9-10-11-18-15-21-23(22(16-18)26-27(5,6)7)19-14-17(2)12-13-20(19)24(3,4)25-21/h15-16,19-20H,2,8-14H2,1,3-7H3. The highest BCUT2D eigenvalue weighted by atomic mass is 28.4. The second-order valence-electron chi connectivity index (χ2n) is 10.1. The Morgan fingerprint density at radius 3 is 2.63 bits per heavy atom. The first-order valence-electron chi connectivity index (χ1n) is 10.8. The van der Waals surface area contributed by atoms with E-state index in [1.165, 1.54) is 42.4 Å². The minimum absolute atomic E-state index is 0.128. The average Bonchev–Trinajstić information content (AvgIpc) is 2.52. The summed E-state index contributed by atoms with van der Waals surface area (Å²) in [5.41, 5.74) is 3.93. The van der Waals surface area contributed by atoms with E-state index in [2.05, 4.69) is 59.1 Å². The minimum atomic E-state index is -1.71. The maximum atomic E-state index is 6.63. The molecule has 150 valence electrons. The zero-order valence-corrected chi connectivity index (χ0v) is 19.3. The number of fused-ring (bicyclic) bond motifs is 3. The summed E-state index contributed by atoms with van der Waals surface area (Å²) in [6.45, 7) is 17.9. The van der Waals surface area contributed by atoms with Crippen LogP contribution in [0.2, 0.25) is 19.6 Å². The molecule has 0 saturated heterocycles. The van der Waals surface area contributed by atoms with E-state index in [9.17, 15) is 0 Å². The summed E-state index contributed by atoms with van der Waals surface area (Å²) in [6.07, 6.45) is 8.23. The van der Waals surface area contributed by atoms with E-state index in [4.69, 9.17) is 9.16 Å². The number of benzene rings is 1. The molecule has 1 aliphatic carbocycles. The smallest absolute Gasteiger partial charge is 0.242 e. The molecular formula is C24H38O2Si. The first kappa shape index (κ1) is 20.5. The fourth-order valence-corrected chi connectivity index (χ4v) is 5.68. The lowest BCUT2D eigenvalue weighted by molar-refractivity contribution is -0.000560. The van der Waals surface area contributed by atoms with Gasteiger partial charge in [0.1, 0.15) is 17.1 Å². The van der Waals surface area contributed by atoms with Crippen LogP contribution in [-0.2, 0) is 6.42 Å². The molecule has 0 N–H and O–H groups in total. The van der Waals surface area contributed by atoms with Gasteiger partial charge in [-0.05, 0) is 83.3 Å². The summed E-state index contributed by atoms with van der Waals surface area (Å²) in [6, 6.07) is 4.63. The fourth-order valence-electron chi connectivity index (χ4n) is 4.85. The topological polar surface area (TPSA) is 18.5 Å². The maximum Gasteiger partial charge on any atom is 0.242 e. The molecule has 1 fully saturated rings. The van der Waals surface area contributed by atoms with Crippen molar-refractivity contribution in [3.63, 3.8) is 0 Å². The lowest BCUT2D eigenvalue weighted by atomic mass is 9.65. The lowest BCUT2D eigenvalue weighted by Crippen LogP contribution is -2.46. The highest BCUT2D eigenvalue weighted by Gasteiger charge is 2.46. The normalized spacial score (nSPS) is 24.0. The molecule has 2 nitrogen and oxygen atoms in total. The van der Waals surface area contributed by atoms with Gasteiger partial charge in [0.05, 0.1) is 0 Å². The average molecular weight is 387 g/mol. The van der Waals surface area contributed by atoms with Crippen LogP contribution in [0, 0.1) is 5.92 Å². The van der Waals surface area contributed by atoms with Gasteiger partial charge in [0.25, 0.3) is 0 Å². The quantitative estimate of drug-likeness (QED) is 0.291. The van der Waals surface area contributed by atoms with Gasteiger partial charge in [-0.1, -0.05) is 31.9 Å². The van der Waals surface area contributed by atoms with E-state index >= 15 is 0 Å². The third-order valence-electron chi connectivity index (χ3n) is 6.09. The van der Waals surface area contributed by atoms with Gasteiger partial charge in [-0.25, -0.2) is 0 Å². The Hall–Kier alpha value is -1.22. The Kier molecular flexibility index (Phi) is 5.81. The zero-order chi connectivity index (χ0) is 19.8. The summed E-state index contributed by atoms with van der Waals surface area (Å²) in [5, 5.41) is 0. The zero-order valence-electron chi connectivity index (χ0n) is 18.3. The summed E-state index contributed by atoms with van der Waals surface area (Å²) in [4.78, 5) is 0. The maximum absolute atomic E-state index is 6.63. The predicted octanol–water partition coefficient (Wildman–Crippen LogP) is 7.24. The molecule has 0 aromatic heterocycles. The van der Waals surface area contributed by atoms with E-state index < -0.39 is 8.32 Å². The molecule has 2 unspecified atom stereocenters. The van der Waals surface area contributed by atoms with Crippen molar-refractivity contribution in [3.8, 4) is 11.5 Å². The van der Waals surface area contributed by atoms with Crippen molar-refractivity contribution in [3.05, 3.63) is 35.4 Å². The molecule has 2 aliphatic rings. The van der Waals surface area contributed by atoms with Crippen LogP contribution in [0.15, 0.2) is 24.3 Å². The van der Waals surface area contributed by atoms with E-state index in [1.54, 1.807) is 0 Å². The predicted molar refractivity (Wildman–Crippen MR) is 118 cm³/mol. The summed E-state index contributed by atoms with van der Waals surface area (Å²) < 4.78 is 13.3. The highest BCUT2D eigenvalue weighted by Crippen LogP contribution is 2.55. The molecule has 3 rings (SSSR count). The van der Waals surface area contributed by atoms with Gasteiger partial charge in [0.15, 0.2) is 0 Å². The van der Waals surface area contributed by atoms with E-state index in [-0.39, 0.29) is 5.60 Å². The number of ether oxygens (including phenoxy) is 1. The van der Waals surface area contributed by atoms with Crippen LogP contribution in [0.25, 0.3) is 0 Å². The van der Waals surface area contributed by atoms with Gasteiger partial charge >= 0.3 is 0 Å². The summed E-state index contributed by atoms with van der Waals surface area (Å²) >= 11 is 0. The molecule has 1 heterocycles. The van der Waals surface area contributed by atoms with E-state index in [0.29, 0.717) is 11.8 Å². The number of hydrogen-bond acceptors (Lipinski definition) is 2. The van der Waals surface area contributed by atoms with E-state index in [0.717, 1.165) is 30.8 Å². The number of unbranched alkanes of at least 4 members (excludes halogenated alkanes) is 2. The summed E-state index contributed by atoms with van der Waals surface area (Å²) in [7, 11) is -1.71. The lowest BCUT2D eigenvalue weighted by Gasteiger charge is -2.48. The molecule has 0 bridgehead atoms. The SMILES string of the molecule is C=C1CCC2C(C1)c1c(cc(CCCCC)cc1O[Si](C)(C)C)OC2(C)C. The van der Waals surface area contributed by atoms with Gasteiger partial charge < -0.3 is 9.16 Å². The Morgan fingerprint density at radius 2 is 1.96 bits per heavy atom. The fraction of sp³-hybridized carbons (Fsp3) is 0.667. The first-order chi connectivity index (χ1) is 12.6. The van der Waals surface area contributed by atoms with Crippen LogP contribution in [0.1, 0.15) is 76.3 Å². The third-order valence-corrected chi connectivity index (χ3v) is 6.92. The van der Waals surface area contributed by atoms with Crippen molar-refractivity contribution in [1.82, 2.24) is 0 Å². The second kappa shape index (κ2) is 7.65. The van der Waals surface area contributed by atoms with E-state index in [1.807, 2.05) is 0 Å². The minimum Gasteiger partial charge on any atom is -0.544 e. The van der Waals surface area contributed by atoms with Crippen LogP contribution in [0.4, 0.5) is 0 Å². The summed E-state index contributed by atoms with van der Waals surface area (Å²) in [5.74, 6) is 3.17. The van der Waals surface area contributed by atoms with Gasteiger partial charge in [-0.3, -0.25) is 0 Å². The largest absolute Gasteiger partial charge is 0.544 e. The van der Waals surface area contributed by atoms with Crippen LogP contribution < -0.4 is 9.16 Å². The highest BCUT2D eigenvalue weighted by molar-refractivity contribution is 6.70. The van der Waals surface area contributed by atoms with Crippen molar-refractivity contribution >= 4 is 8.32 Å². The van der Waals surface area contributed by atoms with Gasteiger partial charge in [-0.2, -0.15) is 0 Å². The van der Waals surface area contributed by atoms with Crippen LogP contribution in [0.3, 0.4) is 0 Å². The molecule has 1 aliphatic heterocycles. The molecular weight excluding hydrogens is 348 g/mol. The number of rotatable bonds is 6. The number of allylic oxidation sites excluding steroid dienone is 1. The Balaban J connectivity index is 2.06. The molecule has 3 heteroatoms. The Bertz CT molecular complexity index is 699. The Morgan fingerprint density at radius 1 is 1.22 bits per heavy atom. The second-order valence-corrected chi connectivity index (χ2v) is 14.5. The number of aryl methyl sites for hydroxylation is 1. The first-order valence-corrected chi connectivity index (χ1v) is 14.2. The van der Waals surface area contributed by atoms with Crippen LogP contribution in [0.5, 0.6) is 11.5 Å². The molecule has 1 saturated carbocycles. The molecule has 1 aromatic rings. The van der Waals surface area contributed by atoms with Gasteiger partial charge in [0, 0.05) is 17.4 Å². The van der Waals surface area contributed by atoms with Crippen molar-refractivity contribution in [2.75, 3.05) is 0 Å². The molecule has 0 spiro atoms. The van der Waals surface area contributed by atoms with Crippen molar-refractivity contribution in [2.24, 2.45) is 5.92 Å². The molecule has 0 amide bonds. The molecule has 1 aromatic carbocycles. The molecule has 27 heavy (non-hydrogen) atoms. The number of hydrogen-bond donors (Lipinski definition) is 0. The van der Waals surface area contributed by atoms with Crippen molar-refractivity contribution in [2.45, 2.75) is 96.9 Å².